The minimum atomic E-state index is -0.487. The van der Waals surface area contributed by atoms with Crippen molar-refractivity contribution in [3.05, 3.63) is 35.6 Å². The van der Waals surface area contributed by atoms with E-state index in [0.717, 1.165) is 31.2 Å². The highest BCUT2D eigenvalue weighted by molar-refractivity contribution is 5.77. The summed E-state index contributed by atoms with van der Waals surface area (Å²) in [4.78, 5) is 11.2. The number of rotatable bonds is 4. The zero-order valence-electron chi connectivity index (χ0n) is 10.3. The molecule has 1 aromatic rings. The minimum absolute atomic E-state index is 0.0987. The van der Waals surface area contributed by atoms with Crippen LogP contribution in [0.25, 0.3) is 0 Å². The first-order valence-corrected chi connectivity index (χ1v) is 6.30. The van der Waals surface area contributed by atoms with E-state index in [9.17, 15) is 9.18 Å². The molecule has 0 spiro atoms. The lowest BCUT2D eigenvalue weighted by Gasteiger charge is -2.30. The number of amides is 1. The molecule has 1 saturated carbocycles. The van der Waals surface area contributed by atoms with Crippen molar-refractivity contribution < 1.29 is 14.3 Å². The largest absolute Gasteiger partial charge is 0.387 e. The highest BCUT2D eigenvalue weighted by atomic mass is 19.1. The second-order valence-corrected chi connectivity index (χ2v) is 4.93. The van der Waals surface area contributed by atoms with Gasteiger partial charge in [-0.05, 0) is 30.5 Å². The smallest absolute Gasteiger partial charge is 0.245 e. The van der Waals surface area contributed by atoms with Gasteiger partial charge in [-0.2, -0.15) is 0 Å². The number of aliphatic hydroxyl groups is 1. The van der Waals surface area contributed by atoms with Crippen molar-refractivity contribution >= 4 is 5.91 Å². The SMILES string of the molecule is O=C(CO)NCC1(c2ccc(F)cc2)CCCC1. The van der Waals surface area contributed by atoms with Gasteiger partial charge >= 0.3 is 0 Å². The summed E-state index contributed by atoms with van der Waals surface area (Å²) < 4.78 is 13.0. The second-order valence-electron chi connectivity index (χ2n) is 4.93. The fraction of sp³-hybridized carbons (Fsp3) is 0.500. The molecule has 1 aliphatic carbocycles. The van der Waals surface area contributed by atoms with Gasteiger partial charge in [-0.3, -0.25) is 4.79 Å². The van der Waals surface area contributed by atoms with E-state index in [4.69, 9.17) is 5.11 Å². The van der Waals surface area contributed by atoms with Gasteiger partial charge < -0.3 is 10.4 Å². The fourth-order valence-corrected chi connectivity index (χ4v) is 2.75. The van der Waals surface area contributed by atoms with Gasteiger partial charge in [0, 0.05) is 12.0 Å². The van der Waals surface area contributed by atoms with E-state index in [2.05, 4.69) is 5.32 Å². The van der Waals surface area contributed by atoms with Gasteiger partial charge in [0.1, 0.15) is 12.4 Å². The number of carbonyl (C=O) groups is 1. The highest BCUT2D eigenvalue weighted by Crippen LogP contribution is 2.40. The summed E-state index contributed by atoms with van der Waals surface area (Å²) in [6.45, 7) is 0.0253. The van der Waals surface area contributed by atoms with Gasteiger partial charge in [-0.15, -0.1) is 0 Å². The lowest BCUT2D eigenvalue weighted by atomic mass is 9.79. The summed E-state index contributed by atoms with van der Waals surface area (Å²) in [5.74, 6) is -0.602. The third kappa shape index (κ3) is 2.70. The van der Waals surface area contributed by atoms with Gasteiger partial charge in [0.15, 0.2) is 0 Å². The van der Waals surface area contributed by atoms with Crippen LogP contribution in [0.2, 0.25) is 0 Å². The number of benzene rings is 1. The number of nitrogens with one attached hydrogen (secondary N) is 1. The number of hydrogen-bond donors (Lipinski definition) is 2. The van der Waals surface area contributed by atoms with Crippen LogP contribution in [-0.4, -0.2) is 24.2 Å². The molecular formula is C14H18FNO2. The van der Waals surface area contributed by atoms with E-state index in [1.54, 1.807) is 12.1 Å². The molecule has 98 valence electrons. The Kier molecular flexibility index (Phi) is 3.97. The molecule has 1 amide bonds. The maximum absolute atomic E-state index is 13.0. The van der Waals surface area contributed by atoms with Crippen LogP contribution >= 0.6 is 0 Å². The fourth-order valence-electron chi connectivity index (χ4n) is 2.75. The van der Waals surface area contributed by atoms with Crippen molar-refractivity contribution in [3.8, 4) is 0 Å². The normalized spacial score (nSPS) is 17.7. The van der Waals surface area contributed by atoms with Crippen LogP contribution in [0, 0.1) is 5.82 Å². The summed E-state index contributed by atoms with van der Waals surface area (Å²) in [6, 6.07) is 6.52. The zero-order chi connectivity index (χ0) is 13.0. The maximum Gasteiger partial charge on any atom is 0.245 e. The number of carbonyl (C=O) groups excluding carboxylic acids is 1. The van der Waals surface area contributed by atoms with Crippen molar-refractivity contribution in [2.24, 2.45) is 0 Å². The molecule has 0 unspecified atom stereocenters. The predicted molar refractivity (Wildman–Crippen MR) is 66.6 cm³/mol. The molecule has 2 N–H and O–H groups in total. The Morgan fingerprint density at radius 2 is 1.89 bits per heavy atom. The molecule has 4 heteroatoms. The average Bonchev–Trinajstić information content (AvgIpc) is 2.87. The molecule has 2 rings (SSSR count). The summed E-state index contributed by atoms with van der Waals surface area (Å²) >= 11 is 0. The second kappa shape index (κ2) is 5.48. The van der Waals surface area contributed by atoms with Crippen LogP contribution in [0.5, 0.6) is 0 Å². The lowest BCUT2D eigenvalue weighted by Crippen LogP contribution is -2.40. The summed E-state index contributed by atoms with van der Waals surface area (Å²) in [6.07, 6.45) is 4.22. The number of hydrogen-bond acceptors (Lipinski definition) is 2. The van der Waals surface area contributed by atoms with Gasteiger partial charge in [-0.25, -0.2) is 4.39 Å². The van der Waals surface area contributed by atoms with E-state index in [1.807, 2.05) is 0 Å². The number of halogens is 1. The Morgan fingerprint density at radius 1 is 1.28 bits per heavy atom. The van der Waals surface area contributed by atoms with Gasteiger partial charge in [-0.1, -0.05) is 25.0 Å². The van der Waals surface area contributed by atoms with E-state index in [-0.39, 0.29) is 17.1 Å². The topological polar surface area (TPSA) is 49.3 Å². The van der Waals surface area contributed by atoms with Crippen molar-refractivity contribution in [3.63, 3.8) is 0 Å². The summed E-state index contributed by atoms with van der Waals surface area (Å²) in [5.41, 5.74) is 0.970. The van der Waals surface area contributed by atoms with Crippen LogP contribution in [0.3, 0.4) is 0 Å². The van der Waals surface area contributed by atoms with E-state index < -0.39 is 6.61 Å². The van der Waals surface area contributed by atoms with Crippen molar-refractivity contribution in [1.29, 1.82) is 0 Å². The molecule has 0 aromatic heterocycles. The Bertz CT molecular complexity index is 410. The standard InChI is InChI=1S/C14H18FNO2/c15-12-5-3-11(4-6-12)14(7-1-2-8-14)10-16-13(18)9-17/h3-6,17H,1-2,7-10H2,(H,16,18). The molecule has 0 radical (unpaired) electrons. The molecule has 0 aliphatic heterocycles. The lowest BCUT2D eigenvalue weighted by molar-refractivity contribution is -0.124. The first-order chi connectivity index (χ1) is 8.66. The molecule has 0 heterocycles. The molecular weight excluding hydrogens is 233 g/mol. The molecule has 1 fully saturated rings. The molecule has 0 bridgehead atoms. The summed E-state index contributed by atoms with van der Waals surface area (Å²) in [5, 5.41) is 11.5. The number of aliphatic hydroxyl groups excluding tert-OH is 1. The molecule has 1 aromatic carbocycles. The quantitative estimate of drug-likeness (QED) is 0.856. The Labute approximate surface area is 106 Å². The van der Waals surface area contributed by atoms with Crippen molar-refractivity contribution in [1.82, 2.24) is 5.32 Å². The van der Waals surface area contributed by atoms with E-state index in [0.29, 0.717) is 6.54 Å². The van der Waals surface area contributed by atoms with E-state index >= 15 is 0 Å². The Balaban J connectivity index is 2.16. The minimum Gasteiger partial charge on any atom is -0.387 e. The Morgan fingerprint density at radius 3 is 2.44 bits per heavy atom. The molecule has 1 aliphatic rings. The van der Waals surface area contributed by atoms with Crippen molar-refractivity contribution in [2.45, 2.75) is 31.1 Å². The maximum atomic E-state index is 13.0. The molecule has 3 nitrogen and oxygen atoms in total. The monoisotopic (exact) mass is 251 g/mol. The average molecular weight is 251 g/mol. The predicted octanol–water partition coefficient (Wildman–Crippen LogP) is 1.75. The van der Waals surface area contributed by atoms with Crippen LogP contribution in [0.1, 0.15) is 31.2 Å². The van der Waals surface area contributed by atoms with Gasteiger partial charge in [0.25, 0.3) is 0 Å². The van der Waals surface area contributed by atoms with Crippen LogP contribution < -0.4 is 5.32 Å². The van der Waals surface area contributed by atoms with Crippen molar-refractivity contribution in [2.75, 3.05) is 13.2 Å². The molecule has 18 heavy (non-hydrogen) atoms. The van der Waals surface area contributed by atoms with Crippen LogP contribution in [0.15, 0.2) is 24.3 Å². The molecule has 0 saturated heterocycles. The third-order valence-corrected chi connectivity index (χ3v) is 3.78. The third-order valence-electron chi connectivity index (χ3n) is 3.78. The molecule has 0 atom stereocenters. The highest BCUT2D eigenvalue weighted by Gasteiger charge is 2.35. The van der Waals surface area contributed by atoms with Gasteiger partial charge in [0.2, 0.25) is 5.91 Å². The first-order valence-electron chi connectivity index (χ1n) is 6.30. The van der Waals surface area contributed by atoms with Crippen LogP contribution in [0.4, 0.5) is 4.39 Å². The van der Waals surface area contributed by atoms with Crippen LogP contribution in [-0.2, 0) is 10.2 Å². The zero-order valence-corrected chi connectivity index (χ0v) is 10.3. The summed E-state index contributed by atoms with van der Waals surface area (Å²) in [7, 11) is 0. The van der Waals surface area contributed by atoms with Gasteiger partial charge in [0.05, 0.1) is 0 Å². The van der Waals surface area contributed by atoms with E-state index in [1.165, 1.54) is 12.1 Å². The Hall–Kier alpha value is -1.42. The first kappa shape index (κ1) is 13.0.